The second kappa shape index (κ2) is 10.4. The van der Waals surface area contributed by atoms with E-state index in [1.54, 1.807) is 13.8 Å². The largest absolute Gasteiger partial charge is 1.00 e. The molecule has 0 radical (unpaired) electrons. The van der Waals surface area contributed by atoms with Gasteiger partial charge in [0.25, 0.3) is 0 Å². The number of ether oxygens (including phenoxy) is 1. The molecule has 0 aliphatic carbocycles. The van der Waals surface area contributed by atoms with Gasteiger partial charge in [0.1, 0.15) is 6.04 Å². The second-order valence-corrected chi connectivity index (χ2v) is 4.30. The van der Waals surface area contributed by atoms with Gasteiger partial charge in [-0.2, -0.15) is 0 Å². The van der Waals surface area contributed by atoms with Crippen molar-refractivity contribution in [1.29, 1.82) is 0 Å². The number of allylic oxidation sites excluding steroid dienone is 1. The van der Waals surface area contributed by atoms with E-state index in [1.807, 2.05) is 30.3 Å². The standard InChI is InChI=1S/C15H19NO4.Na.H/c1-3-20-14(17)9-11(2)16-13(15(18)19)10-12-7-5-4-6-8-12;;/h4-9,13,16H,3,10H2,1-2H3,(H,18,19);;/q;+1;-1/b11-9+;;/t13-;;/m0../s1. The molecule has 5 nitrogen and oxygen atoms in total. The molecule has 6 heteroatoms. The minimum atomic E-state index is -0.967. The molecule has 0 spiro atoms. The second-order valence-electron chi connectivity index (χ2n) is 4.30. The number of benzene rings is 1. The first-order valence-corrected chi connectivity index (χ1v) is 6.41. The van der Waals surface area contributed by atoms with Gasteiger partial charge in [-0.15, -0.1) is 0 Å². The first-order valence-electron chi connectivity index (χ1n) is 6.41. The fourth-order valence-electron chi connectivity index (χ4n) is 1.73. The maximum absolute atomic E-state index is 11.3. The van der Waals surface area contributed by atoms with Crippen LogP contribution in [0, 0.1) is 0 Å². The van der Waals surface area contributed by atoms with Crippen LogP contribution in [0.4, 0.5) is 0 Å². The molecule has 110 valence electrons. The summed E-state index contributed by atoms with van der Waals surface area (Å²) in [6.45, 7) is 3.64. The third kappa shape index (κ3) is 7.90. The molecular weight excluding hydrogens is 281 g/mol. The van der Waals surface area contributed by atoms with Crippen LogP contribution in [0.3, 0.4) is 0 Å². The molecule has 0 amide bonds. The molecule has 1 aromatic carbocycles. The Kier molecular flexibility index (Phi) is 9.78. The maximum atomic E-state index is 11.3. The average molecular weight is 301 g/mol. The Bertz CT molecular complexity index is 494. The van der Waals surface area contributed by atoms with Gasteiger partial charge in [0.2, 0.25) is 0 Å². The van der Waals surface area contributed by atoms with Crippen LogP contribution in [0.15, 0.2) is 42.1 Å². The molecule has 0 aliphatic heterocycles. The molecule has 0 saturated carbocycles. The zero-order chi connectivity index (χ0) is 15.0. The minimum Gasteiger partial charge on any atom is -1.00 e. The van der Waals surface area contributed by atoms with Crippen molar-refractivity contribution in [3.8, 4) is 0 Å². The molecule has 1 rings (SSSR count). The van der Waals surface area contributed by atoms with E-state index in [1.165, 1.54) is 6.08 Å². The quantitative estimate of drug-likeness (QED) is 0.378. The Labute approximate surface area is 148 Å². The Morgan fingerprint density at radius 1 is 1.38 bits per heavy atom. The van der Waals surface area contributed by atoms with Gasteiger partial charge in [-0.25, -0.2) is 9.59 Å². The van der Waals surface area contributed by atoms with E-state index in [0.29, 0.717) is 12.1 Å². The van der Waals surface area contributed by atoms with E-state index in [9.17, 15) is 14.7 Å². The summed E-state index contributed by atoms with van der Waals surface area (Å²) in [7, 11) is 0. The summed E-state index contributed by atoms with van der Waals surface area (Å²) in [4.78, 5) is 22.5. The smallest absolute Gasteiger partial charge is 1.00 e. The number of carboxylic acid groups (broad SMARTS) is 1. The summed E-state index contributed by atoms with van der Waals surface area (Å²) in [6, 6.07) is 8.52. The molecule has 0 heterocycles. The number of rotatable bonds is 7. The third-order valence-corrected chi connectivity index (χ3v) is 2.60. The molecule has 0 aliphatic rings. The van der Waals surface area contributed by atoms with Crippen LogP contribution >= 0.6 is 0 Å². The molecule has 0 bridgehead atoms. The molecule has 1 atom stereocenters. The van der Waals surface area contributed by atoms with Crippen molar-refractivity contribution < 1.29 is 50.4 Å². The third-order valence-electron chi connectivity index (χ3n) is 2.60. The van der Waals surface area contributed by atoms with Crippen molar-refractivity contribution in [2.24, 2.45) is 0 Å². The number of aliphatic carboxylic acids is 1. The van der Waals surface area contributed by atoms with Gasteiger partial charge in [0.15, 0.2) is 0 Å². The predicted octanol–water partition coefficient (Wildman–Crippen LogP) is -1.14. The molecule has 21 heavy (non-hydrogen) atoms. The Morgan fingerprint density at radius 2 is 2.00 bits per heavy atom. The zero-order valence-electron chi connectivity index (χ0n) is 13.6. The van der Waals surface area contributed by atoms with Gasteiger partial charge < -0.3 is 16.6 Å². The fourth-order valence-corrected chi connectivity index (χ4v) is 1.73. The van der Waals surface area contributed by atoms with Crippen LogP contribution in [-0.4, -0.2) is 29.7 Å². The molecule has 0 unspecified atom stereocenters. The molecule has 0 fully saturated rings. The van der Waals surface area contributed by atoms with Crippen LogP contribution in [0.25, 0.3) is 0 Å². The molecular formula is C15H20NNaO4. The summed E-state index contributed by atoms with van der Waals surface area (Å²) in [5.41, 5.74) is 1.38. The van der Waals surface area contributed by atoms with Gasteiger partial charge in [-0.3, -0.25) is 0 Å². The van der Waals surface area contributed by atoms with E-state index >= 15 is 0 Å². The van der Waals surface area contributed by atoms with E-state index in [4.69, 9.17) is 4.74 Å². The van der Waals surface area contributed by atoms with Crippen molar-refractivity contribution in [3.05, 3.63) is 47.7 Å². The molecule has 0 saturated heterocycles. The van der Waals surface area contributed by atoms with Crippen molar-refractivity contribution >= 4 is 11.9 Å². The van der Waals surface area contributed by atoms with Crippen LogP contribution in [0.5, 0.6) is 0 Å². The topological polar surface area (TPSA) is 75.6 Å². The summed E-state index contributed by atoms with van der Waals surface area (Å²) in [5, 5.41) is 12.0. The monoisotopic (exact) mass is 301 g/mol. The Hall–Kier alpha value is -1.30. The summed E-state index contributed by atoms with van der Waals surface area (Å²) < 4.78 is 4.77. The minimum absolute atomic E-state index is 0. The van der Waals surface area contributed by atoms with Gasteiger partial charge in [-0.1, -0.05) is 30.3 Å². The van der Waals surface area contributed by atoms with Crippen LogP contribution in [-0.2, 0) is 20.7 Å². The molecule has 0 aromatic heterocycles. The zero-order valence-corrected chi connectivity index (χ0v) is 14.6. The van der Waals surface area contributed by atoms with E-state index in [2.05, 4.69) is 5.32 Å². The SMILES string of the molecule is CCOC(=O)/C=C(\C)N[C@@H](Cc1ccccc1)C(=O)O.[H-].[Na+]. The first-order chi connectivity index (χ1) is 9.52. The van der Waals surface area contributed by atoms with Crippen LogP contribution < -0.4 is 34.9 Å². The van der Waals surface area contributed by atoms with Gasteiger partial charge in [0, 0.05) is 18.2 Å². The number of carboxylic acids is 1. The number of esters is 1. The molecule has 1 aromatic rings. The van der Waals surface area contributed by atoms with Gasteiger partial charge in [-0.05, 0) is 19.4 Å². The summed E-state index contributed by atoms with van der Waals surface area (Å²) in [5.74, 6) is -1.45. The van der Waals surface area contributed by atoms with Crippen molar-refractivity contribution in [2.75, 3.05) is 6.61 Å². The summed E-state index contributed by atoms with van der Waals surface area (Å²) in [6.07, 6.45) is 1.59. The number of carbonyl (C=O) groups excluding carboxylic acids is 1. The van der Waals surface area contributed by atoms with E-state index < -0.39 is 18.0 Å². The van der Waals surface area contributed by atoms with Gasteiger partial charge in [0.05, 0.1) is 6.61 Å². The fraction of sp³-hybridized carbons (Fsp3) is 0.333. The van der Waals surface area contributed by atoms with Crippen LogP contribution in [0.2, 0.25) is 0 Å². The first kappa shape index (κ1) is 19.7. The van der Waals surface area contributed by atoms with E-state index in [-0.39, 0.29) is 37.6 Å². The number of nitrogens with one attached hydrogen (secondary N) is 1. The van der Waals surface area contributed by atoms with Gasteiger partial charge >= 0.3 is 41.5 Å². The Morgan fingerprint density at radius 3 is 2.52 bits per heavy atom. The van der Waals surface area contributed by atoms with E-state index in [0.717, 1.165) is 5.56 Å². The Balaban J connectivity index is 0. The number of carbonyl (C=O) groups is 2. The molecule has 2 N–H and O–H groups in total. The normalized spacial score (nSPS) is 12.0. The van der Waals surface area contributed by atoms with Crippen molar-refractivity contribution in [3.63, 3.8) is 0 Å². The number of hydrogen-bond donors (Lipinski definition) is 2. The predicted molar refractivity (Wildman–Crippen MR) is 76.2 cm³/mol. The average Bonchev–Trinajstić information content (AvgIpc) is 2.39. The van der Waals surface area contributed by atoms with Crippen LogP contribution in [0.1, 0.15) is 20.8 Å². The summed E-state index contributed by atoms with van der Waals surface area (Å²) >= 11 is 0. The maximum Gasteiger partial charge on any atom is 1.00 e. The van der Waals surface area contributed by atoms with Crippen molar-refractivity contribution in [2.45, 2.75) is 26.3 Å². The van der Waals surface area contributed by atoms with Crippen molar-refractivity contribution in [1.82, 2.24) is 5.32 Å². The number of hydrogen-bond acceptors (Lipinski definition) is 4.